The number of hydrogen-bond acceptors (Lipinski definition) is 4. The molecule has 0 unspecified atom stereocenters. The van der Waals surface area contributed by atoms with Gasteiger partial charge < -0.3 is 15.2 Å². The van der Waals surface area contributed by atoms with Crippen LogP contribution in [0.3, 0.4) is 0 Å². The van der Waals surface area contributed by atoms with E-state index in [1.165, 1.54) is 7.11 Å². The Hall–Kier alpha value is -0.610. The quantitative estimate of drug-likeness (QED) is 0.637. The number of methoxy groups -OCH3 is 2. The van der Waals surface area contributed by atoms with E-state index >= 15 is 0 Å². The van der Waals surface area contributed by atoms with Gasteiger partial charge in [-0.25, -0.2) is 0 Å². The topological polar surface area (TPSA) is 61.5 Å². The lowest BCUT2D eigenvalue weighted by Crippen LogP contribution is -2.52. The molecule has 0 radical (unpaired) electrons. The normalized spacial score (nSPS) is 34.2. The average molecular weight is 187 g/mol. The van der Waals surface area contributed by atoms with E-state index in [0.717, 1.165) is 12.8 Å². The smallest absolute Gasteiger partial charge is 0.325 e. The number of carbonyl (C=O) groups excluding carboxylic acids is 1. The molecule has 0 heterocycles. The maximum atomic E-state index is 11.3. The Kier molecular flexibility index (Phi) is 3.27. The average Bonchev–Trinajstić information content (AvgIpc) is 2.18. The Bertz CT molecular complexity index is 185. The zero-order valence-corrected chi connectivity index (χ0v) is 8.21. The first-order chi connectivity index (χ1) is 6.12. The van der Waals surface area contributed by atoms with Crippen LogP contribution >= 0.6 is 0 Å². The summed E-state index contributed by atoms with van der Waals surface area (Å²) in [6, 6.07) is 0. The number of carbonyl (C=O) groups is 1. The Morgan fingerprint density at radius 3 is 2.31 bits per heavy atom. The van der Waals surface area contributed by atoms with E-state index in [4.69, 9.17) is 10.5 Å². The summed E-state index contributed by atoms with van der Waals surface area (Å²) in [6.07, 6.45) is 3.22. The molecule has 13 heavy (non-hydrogen) atoms. The third-order valence-electron chi connectivity index (χ3n) is 2.75. The van der Waals surface area contributed by atoms with Crippen molar-refractivity contribution in [3.8, 4) is 0 Å². The molecule has 4 nitrogen and oxygen atoms in total. The van der Waals surface area contributed by atoms with Gasteiger partial charge >= 0.3 is 5.97 Å². The van der Waals surface area contributed by atoms with E-state index in [9.17, 15) is 4.79 Å². The molecule has 0 bridgehead atoms. The maximum absolute atomic E-state index is 11.3. The lowest BCUT2D eigenvalue weighted by atomic mass is 9.81. The molecular formula is C9H17NO3. The predicted molar refractivity (Wildman–Crippen MR) is 48.2 cm³/mol. The van der Waals surface area contributed by atoms with Crippen LogP contribution in [0.5, 0.6) is 0 Å². The lowest BCUT2D eigenvalue weighted by molar-refractivity contribution is -0.149. The molecule has 0 amide bonds. The molecule has 0 atom stereocenters. The van der Waals surface area contributed by atoms with Crippen molar-refractivity contribution in [1.29, 1.82) is 0 Å². The maximum Gasteiger partial charge on any atom is 0.325 e. The minimum atomic E-state index is -0.774. The van der Waals surface area contributed by atoms with Crippen molar-refractivity contribution >= 4 is 5.97 Å². The highest BCUT2D eigenvalue weighted by Gasteiger charge is 2.39. The summed E-state index contributed by atoms with van der Waals surface area (Å²) >= 11 is 0. The molecule has 76 valence electrons. The zero-order chi connectivity index (χ0) is 9.90. The summed E-state index contributed by atoms with van der Waals surface area (Å²) in [5.74, 6) is -0.304. The van der Waals surface area contributed by atoms with Crippen LogP contribution in [0.1, 0.15) is 25.7 Å². The Morgan fingerprint density at radius 2 is 1.92 bits per heavy atom. The molecule has 4 heteroatoms. The van der Waals surface area contributed by atoms with Gasteiger partial charge in [-0.2, -0.15) is 0 Å². The number of esters is 1. The van der Waals surface area contributed by atoms with E-state index in [1.54, 1.807) is 7.11 Å². The highest BCUT2D eigenvalue weighted by molar-refractivity contribution is 5.80. The number of rotatable bonds is 2. The Balaban J connectivity index is 2.51. The molecule has 0 aromatic rings. The van der Waals surface area contributed by atoms with Gasteiger partial charge in [0.25, 0.3) is 0 Å². The first-order valence-corrected chi connectivity index (χ1v) is 4.52. The summed E-state index contributed by atoms with van der Waals surface area (Å²) in [6.45, 7) is 0. The summed E-state index contributed by atoms with van der Waals surface area (Å²) < 4.78 is 9.85. The van der Waals surface area contributed by atoms with E-state index < -0.39 is 5.54 Å². The number of hydrogen-bond donors (Lipinski definition) is 1. The highest BCUT2D eigenvalue weighted by Crippen LogP contribution is 2.28. The molecule has 1 rings (SSSR count). The molecule has 0 saturated heterocycles. The van der Waals surface area contributed by atoms with E-state index in [0.29, 0.717) is 12.8 Å². The van der Waals surface area contributed by atoms with Gasteiger partial charge in [-0.3, -0.25) is 4.79 Å². The van der Waals surface area contributed by atoms with Crippen molar-refractivity contribution in [3.05, 3.63) is 0 Å². The molecule has 0 aromatic carbocycles. The van der Waals surface area contributed by atoms with Gasteiger partial charge in [-0.15, -0.1) is 0 Å². The standard InChI is InChI=1S/C9H17NO3/c1-12-7-3-5-9(10,6-4-7)8(11)13-2/h7H,3-6,10H2,1-2H3. The molecule has 0 aliphatic heterocycles. The fraction of sp³-hybridized carbons (Fsp3) is 0.889. The van der Waals surface area contributed by atoms with Crippen molar-refractivity contribution in [3.63, 3.8) is 0 Å². The van der Waals surface area contributed by atoms with Crippen molar-refractivity contribution < 1.29 is 14.3 Å². The second-order valence-electron chi connectivity index (χ2n) is 3.58. The second-order valence-corrected chi connectivity index (χ2v) is 3.58. The van der Waals surface area contributed by atoms with Gasteiger partial charge in [0.05, 0.1) is 13.2 Å². The van der Waals surface area contributed by atoms with Crippen LogP contribution in [-0.2, 0) is 14.3 Å². The minimum absolute atomic E-state index is 0.251. The van der Waals surface area contributed by atoms with Gasteiger partial charge in [0.15, 0.2) is 0 Å². The molecule has 2 N–H and O–H groups in total. The molecule has 1 saturated carbocycles. The van der Waals surface area contributed by atoms with Gasteiger partial charge in [0.2, 0.25) is 0 Å². The fourth-order valence-electron chi connectivity index (χ4n) is 1.75. The van der Waals surface area contributed by atoms with E-state index in [2.05, 4.69) is 4.74 Å². The van der Waals surface area contributed by atoms with Crippen LogP contribution in [0.2, 0.25) is 0 Å². The van der Waals surface area contributed by atoms with Crippen molar-refractivity contribution in [2.75, 3.05) is 14.2 Å². The molecule has 1 aliphatic carbocycles. The highest BCUT2D eigenvalue weighted by atomic mass is 16.5. The largest absolute Gasteiger partial charge is 0.468 e. The van der Waals surface area contributed by atoms with Crippen molar-refractivity contribution in [2.45, 2.75) is 37.3 Å². The summed E-state index contributed by atoms with van der Waals surface area (Å²) in [5.41, 5.74) is 5.13. The Morgan fingerprint density at radius 1 is 1.38 bits per heavy atom. The first kappa shape index (κ1) is 10.5. The third kappa shape index (κ3) is 2.19. The summed E-state index contributed by atoms with van der Waals surface area (Å²) in [7, 11) is 3.06. The molecule has 1 fully saturated rings. The first-order valence-electron chi connectivity index (χ1n) is 4.52. The van der Waals surface area contributed by atoms with Gasteiger partial charge in [0.1, 0.15) is 5.54 Å². The SMILES string of the molecule is COC(=O)C1(N)CCC(OC)CC1. The van der Waals surface area contributed by atoms with Crippen LogP contribution < -0.4 is 5.73 Å². The Labute approximate surface area is 78.4 Å². The second kappa shape index (κ2) is 4.07. The van der Waals surface area contributed by atoms with Gasteiger partial charge in [-0.1, -0.05) is 0 Å². The molecular weight excluding hydrogens is 170 g/mol. The van der Waals surface area contributed by atoms with Crippen LogP contribution in [0.4, 0.5) is 0 Å². The number of ether oxygens (including phenoxy) is 2. The number of nitrogens with two attached hydrogens (primary N) is 1. The van der Waals surface area contributed by atoms with Crippen LogP contribution in [0.25, 0.3) is 0 Å². The lowest BCUT2D eigenvalue weighted by Gasteiger charge is -2.33. The van der Waals surface area contributed by atoms with E-state index in [-0.39, 0.29) is 12.1 Å². The monoisotopic (exact) mass is 187 g/mol. The molecule has 1 aliphatic rings. The van der Waals surface area contributed by atoms with Crippen LogP contribution in [-0.4, -0.2) is 31.8 Å². The van der Waals surface area contributed by atoms with Crippen molar-refractivity contribution in [1.82, 2.24) is 0 Å². The summed E-state index contributed by atoms with van der Waals surface area (Å²) in [5, 5.41) is 0. The van der Waals surface area contributed by atoms with Crippen LogP contribution in [0, 0.1) is 0 Å². The van der Waals surface area contributed by atoms with Crippen molar-refractivity contribution in [2.24, 2.45) is 5.73 Å². The van der Waals surface area contributed by atoms with Crippen LogP contribution in [0.15, 0.2) is 0 Å². The predicted octanol–water partition coefficient (Wildman–Crippen LogP) is 0.446. The molecule has 0 spiro atoms. The fourth-order valence-corrected chi connectivity index (χ4v) is 1.75. The zero-order valence-electron chi connectivity index (χ0n) is 8.21. The van der Waals surface area contributed by atoms with E-state index in [1.807, 2.05) is 0 Å². The summed E-state index contributed by atoms with van der Waals surface area (Å²) in [4.78, 5) is 11.3. The third-order valence-corrected chi connectivity index (χ3v) is 2.75. The van der Waals surface area contributed by atoms with Gasteiger partial charge in [-0.05, 0) is 25.7 Å². The van der Waals surface area contributed by atoms with Gasteiger partial charge in [0, 0.05) is 7.11 Å². The minimum Gasteiger partial charge on any atom is -0.468 e. The molecule has 0 aromatic heterocycles.